The minimum absolute atomic E-state index is 0.291. The molecule has 1 aromatic rings. The van der Waals surface area contributed by atoms with Gasteiger partial charge >= 0.3 is 13.3 Å². The summed E-state index contributed by atoms with van der Waals surface area (Å²) in [6.07, 6.45) is 0. The molecule has 1 aromatic carbocycles. The summed E-state index contributed by atoms with van der Waals surface area (Å²) in [6, 6.07) is 8.88. The molecule has 0 amide bonds. The first-order valence-electron chi connectivity index (χ1n) is 3.75. The van der Waals surface area contributed by atoms with Crippen molar-refractivity contribution in [2.45, 2.75) is 0 Å². The van der Waals surface area contributed by atoms with Gasteiger partial charge in [0.05, 0.1) is 12.7 Å². The van der Waals surface area contributed by atoms with Crippen LogP contribution in [0.25, 0.3) is 0 Å². The minimum atomic E-state index is -2.17. The van der Waals surface area contributed by atoms with Crippen LogP contribution < -0.4 is 0 Å². The number of hydrogen-bond donors (Lipinski definition) is 3. The summed E-state index contributed by atoms with van der Waals surface area (Å²) < 4.78 is 4.50. The number of carbonyl (C=O) groups is 1. The molecule has 0 saturated carbocycles. The van der Waals surface area contributed by atoms with Crippen molar-refractivity contribution in [1.82, 2.24) is 0 Å². The van der Waals surface area contributed by atoms with E-state index >= 15 is 0 Å². The number of benzene rings is 1. The van der Waals surface area contributed by atoms with E-state index in [4.69, 9.17) is 15.1 Å². The molecule has 3 N–H and O–H groups in total. The Balaban J connectivity index is 0.000000364. The van der Waals surface area contributed by atoms with Crippen molar-refractivity contribution in [1.29, 1.82) is 0 Å². The third-order valence-corrected chi connectivity index (χ3v) is 1.19. The molecule has 0 saturated heterocycles. The largest absolute Gasteiger partial charge is 0.631 e. The quantitative estimate of drug-likeness (QED) is 0.415. The molecule has 6 heteroatoms. The van der Waals surface area contributed by atoms with Crippen molar-refractivity contribution in [2.24, 2.45) is 0 Å². The SMILES string of the molecule is COC(=O)c1ccccc1.OB(O)O. The third kappa shape index (κ3) is 6.18. The van der Waals surface area contributed by atoms with Gasteiger partial charge in [-0.2, -0.15) is 0 Å². The lowest BCUT2D eigenvalue weighted by Gasteiger charge is -1.95. The van der Waals surface area contributed by atoms with Crippen LogP contribution in [0.1, 0.15) is 10.4 Å². The molecule has 0 spiro atoms. The summed E-state index contributed by atoms with van der Waals surface area (Å²) in [7, 11) is -0.796. The Labute approximate surface area is 81.8 Å². The number of carbonyl (C=O) groups excluding carboxylic acids is 1. The van der Waals surface area contributed by atoms with Crippen LogP contribution in [0.5, 0.6) is 0 Å². The maximum atomic E-state index is 10.8. The van der Waals surface area contributed by atoms with Gasteiger partial charge in [-0.3, -0.25) is 0 Å². The van der Waals surface area contributed by atoms with E-state index in [0.29, 0.717) is 5.56 Å². The van der Waals surface area contributed by atoms with Crippen LogP contribution in [0.2, 0.25) is 0 Å². The van der Waals surface area contributed by atoms with Crippen LogP contribution in [-0.4, -0.2) is 35.5 Å². The van der Waals surface area contributed by atoms with Crippen LogP contribution in [0.4, 0.5) is 0 Å². The molecular weight excluding hydrogens is 187 g/mol. The highest BCUT2D eigenvalue weighted by Gasteiger charge is 2.00. The summed E-state index contributed by atoms with van der Waals surface area (Å²) in [6.45, 7) is 0. The van der Waals surface area contributed by atoms with Crippen molar-refractivity contribution < 1.29 is 24.6 Å². The Kier molecular flexibility index (Phi) is 6.39. The Morgan fingerprint density at radius 3 is 2.00 bits per heavy atom. The third-order valence-electron chi connectivity index (χ3n) is 1.19. The van der Waals surface area contributed by atoms with Gasteiger partial charge in [0.2, 0.25) is 0 Å². The molecule has 5 nitrogen and oxygen atoms in total. The van der Waals surface area contributed by atoms with Gasteiger partial charge in [0.15, 0.2) is 0 Å². The summed E-state index contributed by atoms with van der Waals surface area (Å²) >= 11 is 0. The van der Waals surface area contributed by atoms with Gasteiger partial charge in [0, 0.05) is 0 Å². The monoisotopic (exact) mass is 198 g/mol. The number of ether oxygens (including phenoxy) is 1. The second-order valence-corrected chi connectivity index (χ2v) is 2.20. The standard InChI is InChI=1S/C8H8O2.BH3O3/c1-10-8(9)7-5-3-2-4-6-7;2-1(3)4/h2-6H,1H3;2-4H. The first kappa shape index (κ1) is 12.6. The van der Waals surface area contributed by atoms with E-state index in [0.717, 1.165) is 0 Å². The molecule has 0 heterocycles. The summed E-state index contributed by atoms with van der Waals surface area (Å²) in [4.78, 5) is 10.8. The zero-order chi connectivity index (χ0) is 11.0. The van der Waals surface area contributed by atoms with Gasteiger partial charge in [0.25, 0.3) is 0 Å². The molecule has 0 aromatic heterocycles. The maximum absolute atomic E-state index is 10.8. The van der Waals surface area contributed by atoms with Crippen LogP contribution >= 0.6 is 0 Å². The maximum Gasteiger partial charge on any atom is 0.631 e. The molecule has 0 atom stereocenters. The van der Waals surface area contributed by atoms with Gasteiger partial charge < -0.3 is 19.8 Å². The average molecular weight is 198 g/mol. The van der Waals surface area contributed by atoms with Crippen LogP contribution in [0, 0.1) is 0 Å². The molecule has 0 bridgehead atoms. The first-order chi connectivity index (χ1) is 6.57. The fourth-order valence-corrected chi connectivity index (χ4v) is 0.692. The van der Waals surface area contributed by atoms with E-state index in [1.165, 1.54) is 7.11 Å². The number of rotatable bonds is 1. The second kappa shape index (κ2) is 7.08. The molecule has 0 aliphatic heterocycles. The van der Waals surface area contributed by atoms with E-state index in [1.807, 2.05) is 6.07 Å². The minimum Gasteiger partial charge on any atom is -0.465 e. The Hall–Kier alpha value is -1.37. The zero-order valence-corrected chi connectivity index (χ0v) is 7.62. The van der Waals surface area contributed by atoms with Gasteiger partial charge in [0.1, 0.15) is 0 Å². The first-order valence-corrected chi connectivity index (χ1v) is 3.75. The smallest absolute Gasteiger partial charge is 0.465 e. The van der Waals surface area contributed by atoms with Crippen LogP contribution in [0.15, 0.2) is 30.3 Å². The van der Waals surface area contributed by atoms with Crippen molar-refractivity contribution in [3.05, 3.63) is 35.9 Å². The van der Waals surface area contributed by atoms with Crippen molar-refractivity contribution in [3.63, 3.8) is 0 Å². The van der Waals surface area contributed by atoms with Crippen LogP contribution in [-0.2, 0) is 4.74 Å². The summed E-state index contributed by atoms with van der Waals surface area (Å²) in [5, 5.41) is 21.5. The molecule has 0 aliphatic rings. The molecule has 0 unspecified atom stereocenters. The van der Waals surface area contributed by atoms with Gasteiger partial charge in [-0.1, -0.05) is 18.2 Å². The Bertz CT molecular complexity index is 259. The topological polar surface area (TPSA) is 87.0 Å². The van der Waals surface area contributed by atoms with Gasteiger partial charge in [-0.15, -0.1) is 0 Å². The molecule has 1 rings (SSSR count). The van der Waals surface area contributed by atoms with Crippen molar-refractivity contribution >= 4 is 13.3 Å². The predicted octanol–water partition coefficient (Wildman–Crippen LogP) is -0.579. The fraction of sp³-hybridized carbons (Fsp3) is 0.125. The van der Waals surface area contributed by atoms with Crippen molar-refractivity contribution in [2.75, 3.05) is 7.11 Å². The highest BCUT2D eigenvalue weighted by atomic mass is 16.5. The van der Waals surface area contributed by atoms with Crippen molar-refractivity contribution in [3.8, 4) is 0 Å². The van der Waals surface area contributed by atoms with E-state index in [-0.39, 0.29) is 5.97 Å². The Morgan fingerprint density at radius 2 is 1.64 bits per heavy atom. The lowest BCUT2D eigenvalue weighted by molar-refractivity contribution is 0.0600. The average Bonchev–Trinajstić information content (AvgIpc) is 2.17. The van der Waals surface area contributed by atoms with Gasteiger partial charge in [-0.25, -0.2) is 4.79 Å². The lowest BCUT2D eigenvalue weighted by atomic mass is 10.2. The predicted molar refractivity (Wildman–Crippen MR) is 50.2 cm³/mol. The van der Waals surface area contributed by atoms with Crippen LogP contribution in [0.3, 0.4) is 0 Å². The number of hydrogen-bond acceptors (Lipinski definition) is 5. The summed E-state index contributed by atoms with van der Waals surface area (Å²) in [5.74, 6) is -0.291. The molecule has 0 fully saturated rings. The molecule has 0 aliphatic carbocycles. The Morgan fingerprint density at radius 1 is 1.21 bits per heavy atom. The van der Waals surface area contributed by atoms with E-state index in [1.54, 1.807) is 24.3 Å². The molecule has 0 radical (unpaired) electrons. The van der Waals surface area contributed by atoms with Gasteiger partial charge in [-0.05, 0) is 12.1 Å². The zero-order valence-electron chi connectivity index (χ0n) is 7.62. The second-order valence-electron chi connectivity index (χ2n) is 2.20. The summed E-state index contributed by atoms with van der Waals surface area (Å²) in [5.41, 5.74) is 0.588. The highest BCUT2D eigenvalue weighted by Crippen LogP contribution is 1.98. The molecular formula is C8H11BO5. The van der Waals surface area contributed by atoms with E-state index < -0.39 is 7.32 Å². The highest BCUT2D eigenvalue weighted by molar-refractivity contribution is 6.30. The number of esters is 1. The normalized spacial score (nSPS) is 8.29. The number of methoxy groups -OCH3 is 1. The van der Waals surface area contributed by atoms with E-state index in [2.05, 4.69) is 4.74 Å². The van der Waals surface area contributed by atoms with E-state index in [9.17, 15) is 4.79 Å². The fourth-order valence-electron chi connectivity index (χ4n) is 0.692. The molecule has 76 valence electrons. The lowest BCUT2D eigenvalue weighted by Crippen LogP contribution is -2.07. The molecule has 14 heavy (non-hydrogen) atoms.